The molecule has 0 aliphatic carbocycles. The van der Waals surface area contributed by atoms with E-state index in [9.17, 15) is 20.1 Å². The van der Waals surface area contributed by atoms with Gasteiger partial charge in [0.25, 0.3) is 0 Å². The zero-order valence-electron chi connectivity index (χ0n) is 35.2. The van der Waals surface area contributed by atoms with E-state index in [1.807, 2.05) is 0 Å². The van der Waals surface area contributed by atoms with Crippen LogP contribution in [0.2, 0.25) is 0 Å². The normalized spacial score (nSPS) is 15.4. The van der Waals surface area contributed by atoms with E-state index in [4.69, 9.17) is 19.7 Å². The van der Waals surface area contributed by atoms with Crippen LogP contribution in [0.1, 0.15) is 208 Å². The van der Waals surface area contributed by atoms with E-state index >= 15 is 0 Å². The van der Waals surface area contributed by atoms with Gasteiger partial charge in [0.15, 0.2) is 11.9 Å². The van der Waals surface area contributed by atoms with E-state index < -0.39 is 36.1 Å². The van der Waals surface area contributed by atoms with E-state index in [2.05, 4.69) is 39.4 Å². The molecule has 0 fully saturated rings. The van der Waals surface area contributed by atoms with Crippen LogP contribution in [0.25, 0.3) is 0 Å². The first-order valence-corrected chi connectivity index (χ1v) is 22.1. The predicted molar refractivity (Wildman–Crippen MR) is 217 cm³/mol. The maximum Gasteiger partial charge on any atom is 0.378 e. The Hall–Kier alpha value is -1.39. The standard InChI is InChI=1S/C40H76O6.C4H10O3/c1-6-11-16-21-22-25-30-39(28-23-17-12-7-2,29-24-18-13-8-3)40(31-26-19-14-9-4,32-27-20-15-10-5)46-37-35(43)38(44)45-36(37)34(42)33-41;5-1-3-7-4-2-6/h34,36,41-43H,6-33H2,1-5H3;5-6H,1-4H2/t34-,36+;/m0./s1. The number of cyclic esters (lactones) is 1. The molecule has 2 atom stereocenters. The van der Waals surface area contributed by atoms with Crippen LogP contribution in [0.3, 0.4) is 0 Å². The molecule has 1 aliphatic heterocycles. The Morgan fingerprint density at radius 2 is 0.943 bits per heavy atom. The monoisotopic (exact) mass is 759 g/mol. The van der Waals surface area contributed by atoms with Gasteiger partial charge in [-0.15, -0.1) is 0 Å². The zero-order valence-corrected chi connectivity index (χ0v) is 35.2. The van der Waals surface area contributed by atoms with Gasteiger partial charge < -0.3 is 39.7 Å². The van der Waals surface area contributed by atoms with Gasteiger partial charge in [0.2, 0.25) is 5.76 Å². The number of aliphatic hydroxyl groups excluding tert-OH is 5. The van der Waals surface area contributed by atoms with Gasteiger partial charge in [-0.25, -0.2) is 4.79 Å². The molecular formula is C44H86O9. The highest BCUT2D eigenvalue weighted by atomic mass is 16.6. The van der Waals surface area contributed by atoms with E-state index in [1.54, 1.807) is 0 Å². The molecule has 0 spiro atoms. The van der Waals surface area contributed by atoms with E-state index in [0.29, 0.717) is 13.2 Å². The van der Waals surface area contributed by atoms with Gasteiger partial charge in [-0.2, -0.15) is 0 Å². The number of ether oxygens (including phenoxy) is 3. The molecule has 53 heavy (non-hydrogen) atoms. The molecule has 5 N–H and O–H groups in total. The molecule has 1 heterocycles. The Balaban J connectivity index is 0.00000348. The quantitative estimate of drug-likeness (QED) is 0.0311. The number of hydrogen-bond donors (Lipinski definition) is 5. The molecule has 0 saturated carbocycles. The molecular weight excluding hydrogens is 672 g/mol. The van der Waals surface area contributed by atoms with Crippen LogP contribution in [-0.4, -0.2) is 82.3 Å². The summed E-state index contributed by atoms with van der Waals surface area (Å²) in [5.41, 5.74) is -0.716. The van der Waals surface area contributed by atoms with E-state index in [-0.39, 0.29) is 24.4 Å². The van der Waals surface area contributed by atoms with Gasteiger partial charge in [-0.05, 0) is 44.9 Å². The molecule has 1 rings (SSSR count). The molecule has 0 radical (unpaired) electrons. The van der Waals surface area contributed by atoms with Crippen molar-refractivity contribution in [3.8, 4) is 0 Å². The summed E-state index contributed by atoms with van der Waals surface area (Å²) in [7, 11) is 0. The van der Waals surface area contributed by atoms with Gasteiger partial charge in [0.1, 0.15) is 11.7 Å². The number of aliphatic hydroxyl groups is 5. The Labute approximate surface area is 325 Å². The second-order valence-corrected chi connectivity index (χ2v) is 15.5. The number of carbonyl (C=O) groups excluding carboxylic acids is 1. The lowest BCUT2D eigenvalue weighted by Gasteiger charge is -2.52. The molecule has 9 heteroatoms. The fraction of sp³-hybridized carbons (Fsp3) is 0.932. The van der Waals surface area contributed by atoms with Gasteiger partial charge in [-0.3, -0.25) is 0 Å². The molecule has 1 aliphatic rings. The lowest BCUT2D eigenvalue weighted by molar-refractivity contribution is -0.161. The lowest BCUT2D eigenvalue weighted by atomic mass is 9.59. The van der Waals surface area contributed by atoms with E-state index in [1.165, 1.54) is 83.5 Å². The maximum absolute atomic E-state index is 12.7. The van der Waals surface area contributed by atoms with Crippen LogP contribution in [0.4, 0.5) is 0 Å². The number of unbranched alkanes of at least 4 members (excludes halogenated alkanes) is 17. The van der Waals surface area contributed by atoms with Crippen LogP contribution in [0.15, 0.2) is 11.5 Å². The predicted octanol–water partition coefficient (Wildman–Crippen LogP) is 10.4. The molecule has 0 aromatic rings. The van der Waals surface area contributed by atoms with Gasteiger partial charge in [0, 0.05) is 5.41 Å². The largest absolute Gasteiger partial charge is 0.499 e. The second-order valence-electron chi connectivity index (χ2n) is 15.5. The fourth-order valence-corrected chi connectivity index (χ4v) is 7.98. The third kappa shape index (κ3) is 20.9. The van der Waals surface area contributed by atoms with Gasteiger partial charge >= 0.3 is 5.97 Å². The Kier molecular flexibility index (Phi) is 33.0. The highest BCUT2D eigenvalue weighted by Gasteiger charge is 2.54. The van der Waals surface area contributed by atoms with Crippen molar-refractivity contribution in [2.24, 2.45) is 5.41 Å². The SMILES string of the molecule is CCCCCCCCC(CCCCCC)(CCCCCC)C(CCCCCC)(CCCCCC)OC1=C(O)C(=O)O[C@@H]1[C@@H](O)CO.OCCOCCO. The van der Waals surface area contributed by atoms with Crippen molar-refractivity contribution in [2.45, 2.75) is 226 Å². The summed E-state index contributed by atoms with van der Waals surface area (Å²) < 4.78 is 17.3. The number of carbonyl (C=O) groups is 1. The van der Waals surface area contributed by atoms with Crippen LogP contribution >= 0.6 is 0 Å². The second kappa shape index (κ2) is 33.9. The van der Waals surface area contributed by atoms with Gasteiger partial charge in [0.05, 0.1) is 33.0 Å². The minimum atomic E-state index is -1.34. The summed E-state index contributed by atoms with van der Waals surface area (Å²) in [6, 6.07) is 0. The molecule has 0 aromatic carbocycles. The first kappa shape index (κ1) is 51.6. The molecule has 0 unspecified atom stereocenters. The molecule has 0 aromatic heterocycles. The van der Waals surface area contributed by atoms with Crippen LogP contribution < -0.4 is 0 Å². The first-order valence-electron chi connectivity index (χ1n) is 22.1. The van der Waals surface area contributed by atoms with Gasteiger partial charge in [-0.1, -0.05) is 163 Å². The van der Waals surface area contributed by atoms with Crippen molar-refractivity contribution in [2.75, 3.05) is 33.0 Å². The topological polar surface area (TPSA) is 146 Å². The summed E-state index contributed by atoms with van der Waals surface area (Å²) in [4.78, 5) is 12.7. The molecule has 316 valence electrons. The molecule has 0 amide bonds. The molecule has 0 bridgehead atoms. The fourth-order valence-electron chi connectivity index (χ4n) is 7.98. The Bertz CT molecular complexity index is 849. The Morgan fingerprint density at radius 1 is 0.585 bits per heavy atom. The molecule has 9 nitrogen and oxygen atoms in total. The third-order valence-electron chi connectivity index (χ3n) is 11.1. The summed E-state index contributed by atoms with van der Waals surface area (Å²) in [5.74, 6) is -1.35. The van der Waals surface area contributed by atoms with Crippen LogP contribution in [-0.2, 0) is 19.0 Å². The number of esters is 1. The van der Waals surface area contributed by atoms with Crippen molar-refractivity contribution < 1.29 is 44.5 Å². The average Bonchev–Trinajstić information content (AvgIpc) is 3.44. The highest BCUT2D eigenvalue weighted by molar-refractivity contribution is 5.89. The molecule has 0 saturated heterocycles. The van der Waals surface area contributed by atoms with Crippen LogP contribution in [0, 0.1) is 5.41 Å². The van der Waals surface area contributed by atoms with Crippen molar-refractivity contribution in [3.05, 3.63) is 11.5 Å². The highest BCUT2D eigenvalue weighted by Crippen LogP contribution is 2.55. The van der Waals surface area contributed by atoms with Crippen molar-refractivity contribution in [1.29, 1.82) is 0 Å². The third-order valence-corrected chi connectivity index (χ3v) is 11.1. The average molecular weight is 759 g/mol. The maximum atomic E-state index is 12.7. The first-order chi connectivity index (χ1) is 25.7. The minimum Gasteiger partial charge on any atom is -0.499 e. The van der Waals surface area contributed by atoms with Crippen molar-refractivity contribution in [1.82, 2.24) is 0 Å². The Morgan fingerprint density at radius 3 is 1.32 bits per heavy atom. The number of rotatable bonds is 36. The zero-order chi connectivity index (χ0) is 39.6. The van der Waals surface area contributed by atoms with E-state index in [0.717, 1.165) is 89.9 Å². The summed E-state index contributed by atoms with van der Waals surface area (Å²) >= 11 is 0. The summed E-state index contributed by atoms with van der Waals surface area (Å²) in [6.07, 6.45) is 28.4. The van der Waals surface area contributed by atoms with Crippen molar-refractivity contribution in [3.63, 3.8) is 0 Å². The summed E-state index contributed by atoms with van der Waals surface area (Å²) in [6.45, 7) is 11.4. The summed E-state index contributed by atoms with van der Waals surface area (Å²) in [5, 5.41) is 47.9. The lowest BCUT2D eigenvalue weighted by Crippen LogP contribution is -2.52. The minimum absolute atomic E-state index is 0.0278. The smallest absolute Gasteiger partial charge is 0.378 e. The number of hydrogen-bond acceptors (Lipinski definition) is 9. The van der Waals surface area contributed by atoms with Crippen molar-refractivity contribution >= 4 is 5.97 Å². The van der Waals surface area contributed by atoms with Crippen LogP contribution in [0.5, 0.6) is 0 Å².